The van der Waals surface area contributed by atoms with E-state index >= 15 is 0 Å². The molecule has 0 N–H and O–H groups in total. The van der Waals surface area contributed by atoms with Crippen LogP contribution in [-0.4, -0.2) is 26.1 Å². The lowest BCUT2D eigenvalue weighted by Crippen LogP contribution is -2.05. The Kier molecular flexibility index (Phi) is 4.70. The molecule has 0 aliphatic carbocycles. The van der Waals surface area contributed by atoms with Crippen molar-refractivity contribution in [2.75, 3.05) is 20.0 Å². The van der Waals surface area contributed by atoms with E-state index in [0.29, 0.717) is 19.5 Å². The number of hydrogen-bond acceptors (Lipinski definition) is 4. The predicted octanol–water partition coefficient (Wildman–Crippen LogP) is 3.00. The zero-order chi connectivity index (χ0) is 12.8. The van der Waals surface area contributed by atoms with E-state index in [1.807, 2.05) is 32.0 Å². The molecule has 1 aliphatic rings. The van der Waals surface area contributed by atoms with Crippen LogP contribution in [-0.2, 0) is 4.74 Å². The van der Waals surface area contributed by atoms with Gasteiger partial charge in [0.2, 0.25) is 6.79 Å². The minimum absolute atomic E-state index is 0.297. The van der Waals surface area contributed by atoms with Crippen LogP contribution >= 0.6 is 0 Å². The largest absolute Gasteiger partial charge is 0.493 e. The van der Waals surface area contributed by atoms with Crippen LogP contribution in [0.1, 0.15) is 26.7 Å². The minimum atomic E-state index is 0.297. The molecule has 1 aromatic rings. The van der Waals surface area contributed by atoms with Crippen LogP contribution in [0, 0.1) is 0 Å². The molecular formula is C14H20O4. The highest BCUT2D eigenvalue weighted by Crippen LogP contribution is 2.35. The predicted molar refractivity (Wildman–Crippen MR) is 68.4 cm³/mol. The molecule has 0 saturated heterocycles. The Morgan fingerprint density at radius 1 is 1.11 bits per heavy atom. The second-order valence-electron chi connectivity index (χ2n) is 4.49. The number of benzene rings is 1. The maximum Gasteiger partial charge on any atom is 0.231 e. The fourth-order valence-corrected chi connectivity index (χ4v) is 1.68. The van der Waals surface area contributed by atoms with Crippen molar-refractivity contribution in [3.05, 3.63) is 18.2 Å². The van der Waals surface area contributed by atoms with E-state index in [4.69, 9.17) is 18.9 Å². The second kappa shape index (κ2) is 6.50. The zero-order valence-electron chi connectivity index (χ0n) is 11.0. The monoisotopic (exact) mass is 252 g/mol. The number of ether oxygens (including phenoxy) is 4. The number of rotatable bonds is 7. The molecular weight excluding hydrogens is 232 g/mol. The van der Waals surface area contributed by atoms with Gasteiger partial charge in [-0.05, 0) is 38.8 Å². The van der Waals surface area contributed by atoms with E-state index in [1.165, 1.54) is 0 Å². The Morgan fingerprint density at radius 2 is 1.89 bits per heavy atom. The van der Waals surface area contributed by atoms with Gasteiger partial charge in [-0.15, -0.1) is 0 Å². The first kappa shape index (κ1) is 13.0. The van der Waals surface area contributed by atoms with Gasteiger partial charge in [-0.25, -0.2) is 0 Å². The molecule has 0 atom stereocenters. The van der Waals surface area contributed by atoms with Gasteiger partial charge in [-0.3, -0.25) is 0 Å². The van der Waals surface area contributed by atoms with E-state index in [1.54, 1.807) is 0 Å². The van der Waals surface area contributed by atoms with E-state index in [2.05, 4.69) is 0 Å². The summed E-state index contributed by atoms with van der Waals surface area (Å²) in [5.41, 5.74) is 0. The van der Waals surface area contributed by atoms with Gasteiger partial charge in [-0.1, -0.05) is 0 Å². The third kappa shape index (κ3) is 3.81. The molecule has 4 nitrogen and oxygen atoms in total. The quantitative estimate of drug-likeness (QED) is 0.699. The Labute approximate surface area is 108 Å². The highest BCUT2D eigenvalue weighted by atomic mass is 16.7. The minimum Gasteiger partial charge on any atom is -0.493 e. The van der Waals surface area contributed by atoms with Crippen LogP contribution in [0.4, 0.5) is 0 Å². The van der Waals surface area contributed by atoms with Gasteiger partial charge >= 0.3 is 0 Å². The van der Waals surface area contributed by atoms with Crippen LogP contribution in [0.5, 0.6) is 17.2 Å². The Bertz CT molecular complexity index is 376. The Hall–Kier alpha value is -1.42. The van der Waals surface area contributed by atoms with E-state index in [-0.39, 0.29) is 0 Å². The van der Waals surface area contributed by atoms with Crippen LogP contribution in [0.2, 0.25) is 0 Å². The summed E-state index contributed by atoms with van der Waals surface area (Å²) in [6.07, 6.45) is 2.31. The van der Waals surface area contributed by atoms with Gasteiger partial charge in [-0.2, -0.15) is 0 Å². The molecule has 0 saturated carbocycles. The van der Waals surface area contributed by atoms with Crippen molar-refractivity contribution in [3.63, 3.8) is 0 Å². The standard InChI is InChI=1S/C14H20O4/c1-11(2)15-7-3-4-8-16-12-5-6-13-14(9-12)18-10-17-13/h5-6,9,11H,3-4,7-8,10H2,1-2H3. The zero-order valence-corrected chi connectivity index (χ0v) is 11.0. The molecule has 0 unspecified atom stereocenters. The fourth-order valence-electron chi connectivity index (χ4n) is 1.68. The topological polar surface area (TPSA) is 36.9 Å². The summed E-state index contributed by atoms with van der Waals surface area (Å²) >= 11 is 0. The SMILES string of the molecule is CC(C)OCCCCOc1ccc2c(c1)OCO2. The van der Waals surface area contributed by atoms with Crippen molar-refractivity contribution >= 4 is 0 Å². The number of unbranched alkanes of at least 4 members (excludes halogenated alkanes) is 1. The van der Waals surface area contributed by atoms with Crippen molar-refractivity contribution in [1.82, 2.24) is 0 Å². The van der Waals surface area contributed by atoms with Crippen molar-refractivity contribution < 1.29 is 18.9 Å². The summed E-state index contributed by atoms with van der Waals surface area (Å²) in [6, 6.07) is 5.64. The summed E-state index contributed by atoms with van der Waals surface area (Å²) in [5.74, 6) is 2.37. The Morgan fingerprint density at radius 3 is 2.72 bits per heavy atom. The van der Waals surface area contributed by atoms with E-state index in [0.717, 1.165) is 36.7 Å². The van der Waals surface area contributed by atoms with Crippen LogP contribution in [0.25, 0.3) is 0 Å². The summed E-state index contributed by atoms with van der Waals surface area (Å²) in [7, 11) is 0. The first-order valence-corrected chi connectivity index (χ1v) is 6.40. The van der Waals surface area contributed by atoms with Crippen molar-refractivity contribution in [2.45, 2.75) is 32.8 Å². The normalized spacial score (nSPS) is 13.1. The lowest BCUT2D eigenvalue weighted by Gasteiger charge is -2.08. The van der Waals surface area contributed by atoms with Gasteiger partial charge < -0.3 is 18.9 Å². The van der Waals surface area contributed by atoms with Gasteiger partial charge in [0.05, 0.1) is 12.7 Å². The molecule has 1 heterocycles. The molecule has 4 heteroatoms. The first-order chi connectivity index (χ1) is 8.75. The Balaban J connectivity index is 1.65. The van der Waals surface area contributed by atoms with Crippen molar-refractivity contribution in [1.29, 1.82) is 0 Å². The maximum atomic E-state index is 5.65. The summed E-state index contributed by atoms with van der Waals surface area (Å²) in [4.78, 5) is 0. The fraction of sp³-hybridized carbons (Fsp3) is 0.571. The van der Waals surface area contributed by atoms with Crippen LogP contribution in [0.3, 0.4) is 0 Å². The third-order valence-electron chi connectivity index (χ3n) is 2.60. The second-order valence-corrected chi connectivity index (χ2v) is 4.49. The van der Waals surface area contributed by atoms with E-state index < -0.39 is 0 Å². The molecule has 0 amide bonds. The molecule has 0 aromatic heterocycles. The third-order valence-corrected chi connectivity index (χ3v) is 2.60. The molecule has 100 valence electrons. The average molecular weight is 252 g/mol. The molecule has 2 rings (SSSR count). The smallest absolute Gasteiger partial charge is 0.231 e. The van der Waals surface area contributed by atoms with Crippen LogP contribution in [0.15, 0.2) is 18.2 Å². The molecule has 0 spiro atoms. The maximum absolute atomic E-state index is 5.65. The van der Waals surface area contributed by atoms with Crippen molar-refractivity contribution in [3.8, 4) is 17.2 Å². The van der Waals surface area contributed by atoms with Crippen LogP contribution < -0.4 is 14.2 Å². The number of hydrogen-bond donors (Lipinski definition) is 0. The highest BCUT2D eigenvalue weighted by molar-refractivity contribution is 5.46. The average Bonchev–Trinajstić information content (AvgIpc) is 2.80. The summed E-state index contributed by atoms with van der Waals surface area (Å²) < 4.78 is 21.6. The lowest BCUT2D eigenvalue weighted by molar-refractivity contribution is 0.0738. The molecule has 18 heavy (non-hydrogen) atoms. The van der Waals surface area contributed by atoms with Gasteiger partial charge in [0.15, 0.2) is 11.5 Å². The first-order valence-electron chi connectivity index (χ1n) is 6.40. The lowest BCUT2D eigenvalue weighted by atomic mass is 10.3. The van der Waals surface area contributed by atoms with E-state index in [9.17, 15) is 0 Å². The molecule has 0 fully saturated rings. The molecule has 1 aromatic carbocycles. The number of fused-ring (bicyclic) bond motifs is 1. The van der Waals surface area contributed by atoms with Gasteiger partial charge in [0, 0.05) is 12.7 Å². The summed E-state index contributed by atoms with van der Waals surface area (Å²) in [5, 5.41) is 0. The molecule has 0 bridgehead atoms. The van der Waals surface area contributed by atoms with Crippen molar-refractivity contribution in [2.24, 2.45) is 0 Å². The summed E-state index contributed by atoms with van der Waals surface area (Å²) in [6.45, 7) is 5.88. The molecule has 0 radical (unpaired) electrons. The molecule has 1 aliphatic heterocycles. The van der Waals surface area contributed by atoms with Gasteiger partial charge in [0.1, 0.15) is 5.75 Å². The van der Waals surface area contributed by atoms with Gasteiger partial charge in [0.25, 0.3) is 0 Å². The highest BCUT2D eigenvalue weighted by Gasteiger charge is 2.13.